The zero-order valence-electron chi connectivity index (χ0n) is 12.8. The number of carbonyl (C=O) groups is 1. The summed E-state index contributed by atoms with van der Waals surface area (Å²) in [7, 11) is 0. The van der Waals surface area contributed by atoms with Crippen molar-refractivity contribution in [3.05, 3.63) is 36.4 Å². The second-order valence-electron chi connectivity index (χ2n) is 4.66. The van der Waals surface area contributed by atoms with Gasteiger partial charge in [-0.15, -0.1) is 10.2 Å². The molecule has 116 valence electrons. The van der Waals surface area contributed by atoms with Gasteiger partial charge in [-0.05, 0) is 37.6 Å². The molecule has 0 aliphatic carbocycles. The van der Waals surface area contributed by atoms with Gasteiger partial charge in [-0.25, -0.2) is 0 Å². The van der Waals surface area contributed by atoms with Crippen LogP contribution in [0.4, 0.5) is 17.3 Å². The van der Waals surface area contributed by atoms with Crippen molar-refractivity contribution in [3.8, 4) is 5.75 Å². The van der Waals surface area contributed by atoms with Crippen LogP contribution < -0.4 is 15.4 Å². The maximum Gasteiger partial charge on any atom is 0.225 e. The third kappa shape index (κ3) is 4.44. The van der Waals surface area contributed by atoms with Crippen LogP contribution in [0.1, 0.15) is 26.7 Å². The van der Waals surface area contributed by atoms with E-state index in [-0.39, 0.29) is 5.91 Å². The molecule has 1 aromatic carbocycles. The Morgan fingerprint density at radius 1 is 1.09 bits per heavy atom. The van der Waals surface area contributed by atoms with Gasteiger partial charge >= 0.3 is 0 Å². The first kappa shape index (κ1) is 15.8. The molecule has 0 saturated heterocycles. The van der Waals surface area contributed by atoms with E-state index in [1.807, 2.05) is 38.1 Å². The van der Waals surface area contributed by atoms with Crippen molar-refractivity contribution in [2.45, 2.75) is 26.7 Å². The second kappa shape index (κ2) is 7.97. The molecule has 2 aromatic rings. The lowest BCUT2D eigenvalue weighted by atomic mass is 10.3. The summed E-state index contributed by atoms with van der Waals surface area (Å²) in [6, 6.07) is 11.1. The number of amides is 1. The van der Waals surface area contributed by atoms with Gasteiger partial charge in [0, 0.05) is 6.42 Å². The fourth-order valence-corrected chi connectivity index (χ4v) is 1.89. The zero-order valence-corrected chi connectivity index (χ0v) is 12.8. The van der Waals surface area contributed by atoms with Gasteiger partial charge in [0.1, 0.15) is 5.75 Å². The van der Waals surface area contributed by atoms with E-state index in [4.69, 9.17) is 4.74 Å². The van der Waals surface area contributed by atoms with Crippen molar-refractivity contribution in [3.63, 3.8) is 0 Å². The SMILES string of the molecule is CCCC(=O)Nc1ccc(Nc2ccccc2OCC)nn1. The van der Waals surface area contributed by atoms with Gasteiger partial charge in [0.2, 0.25) is 5.91 Å². The average molecular weight is 300 g/mol. The van der Waals surface area contributed by atoms with E-state index in [1.54, 1.807) is 12.1 Å². The Morgan fingerprint density at radius 2 is 1.82 bits per heavy atom. The smallest absolute Gasteiger partial charge is 0.225 e. The number of nitrogens with zero attached hydrogens (tertiary/aromatic N) is 2. The molecule has 22 heavy (non-hydrogen) atoms. The first-order valence-electron chi connectivity index (χ1n) is 7.35. The van der Waals surface area contributed by atoms with Gasteiger partial charge < -0.3 is 15.4 Å². The zero-order chi connectivity index (χ0) is 15.8. The summed E-state index contributed by atoms with van der Waals surface area (Å²) in [6.45, 7) is 4.48. The molecule has 1 heterocycles. The van der Waals surface area contributed by atoms with Gasteiger partial charge in [0.05, 0.1) is 12.3 Å². The van der Waals surface area contributed by atoms with Crippen LogP contribution in [0.25, 0.3) is 0 Å². The highest BCUT2D eigenvalue weighted by atomic mass is 16.5. The molecule has 0 unspecified atom stereocenters. The molecular weight excluding hydrogens is 280 g/mol. The molecule has 6 nitrogen and oxygen atoms in total. The molecule has 0 aliphatic rings. The van der Waals surface area contributed by atoms with Crippen LogP contribution in [0, 0.1) is 0 Å². The van der Waals surface area contributed by atoms with Crippen LogP contribution in [0.5, 0.6) is 5.75 Å². The average Bonchev–Trinajstić information content (AvgIpc) is 2.52. The van der Waals surface area contributed by atoms with Crippen molar-refractivity contribution in [2.24, 2.45) is 0 Å². The Balaban J connectivity index is 2.04. The number of anilines is 3. The van der Waals surface area contributed by atoms with E-state index in [9.17, 15) is 4.79 Å². The molecule has 0 saturated carbocycles. The molecule has 2 N–H and O–H groups in total. The number of benzene rings is 1. The van der Waals surface area contributed by atoms with E-state index in [1.165, 1.54) is 0 Å². The number of ether oxygens (including phenoxy) is 1. The number of nitrogens with one attached hydrogen (secondary N) is 2. The summed E-state index contributed by atoms with van der Waals surface area (Å²) in [6.07, 6.45) is 1.27. The maximum atomic E-state index is 11.5. The lowest BCUT2D eigenvalue weighted by Crippen LogP contribution is -2.12. The van der Waals surface area contributed by atoms with Gasteiger partial charge in [-0.2, -0.15) is 0 Å². The molecule has 0 fully saturated rings. The Morgan fingerprint density at radius 3 is 2.50 bits per heavy atom. The molecule has 0 spiro atoms. The minimum atomic E-state index is -0.0563. The second-order valence-corrected chi connectivity index (χ2v) is 4.66. The summed E-state index contributed by atoms with van der Waals surface area (Å²) >= 11 is 0. The monoisotopic (exact) mass is 300 g/mol. The van der Waals surface area contributed by atoms with Gasteiger partial charge in [-0.3, -0.25) is 4.79 Å². The largest absolute Gasteiger partial charge is 0.492 e. The fraction of sp³-hybridized carbons (Fsp3) is 0.312. The highest BCUT2D eigenvalue weighted by Gasteiger charge is 2.05. The van der Waals surface area contributed by atoms with Crippen molar-refractivity contribution in [1.29, 1.82) is 0 Å². The molecule has 0 atom stereocenters. The Bertz CT molecular complexity index is 614. The van der Waals surface area contributed by atoms with Crippen LogP contribution in [-0.4, -0.2) is 22.7 Å². The summed E-state index contributed by atoms with van der Waals surface area (Å²) in [5.41, 5.74) is 0.821. The van der Waals surface area contributed by atoms with Crippen LogP contribution >= 0.6 is 0 Å². The van der Waals surface area contributed by atoms with Crippen molar-refractivity contribution in [2.75, 3.05) is 17.2 Å². The van der Waals surface area contributed by atoms with Gasteiger partial charge in [0.25, 0.3) is 0 Å². The van der Waals surface area contributed by atoms with Gasteiger partial charge in [-0.1, -0.05) is 19.1 Å². The van der Waals surface area contributed by atoms with E-state index in [0.717, 1.165) is 17.9 Å². The summed E-state index contributed by atoms with van der Waals surface area (Å²) in [5.74, 6) is 1.73. The minimum Gasteiger partial charge on any atom is -0.492 e. The highest BCUT2D eigenvalue weighted by molar-refractivity contribution is 5.89. The number of aromatic nitrogens is 2. The maximum absolute atomic E-state index is 11.5. The van der Waals surface area contributed by atoms with E-state index in [2.05, 4.69) is 20.8 Å². The van der Waals surface area contributed by atoms with Crippen LogP contribution in [-0.2, 0) is 4.79 Å². The lowest BCUT2D eigenvalue weighted by molar-refractivity contribution is -0.116. The van der Waals surface area contributed by atoms with E-state index in [0.29, 0.717) is 24.7 Å². The Kier molecular flexibility index (Phi) is 5.71. The molecule has 1 amide bonds. The molecule has 0 aliphatic heterocycles. The molecule has 6 heteroatoms. The highest BCUT2D eigenvalue weighted by Crippen LogP contribution is 2.26. The molecular formula is C16H20N4O2. The Hall–Kier alpha value is -2.63. The third-order valence-electron chi connectivity index (χ3n) is 2.86. The van der Waals surface area contributed by atoms with E-state index < -0.39 is 0 Å². The standard InChI is InChI=1S/C16H20N4O2/c1-3-7-16(21)18-15-11-10-14(19-20-15)17-12-8-5-6-9-13(12)22-4-2/h5-6,8-11H,3-4,7H2,1-2H3,(H,17,19)(H,18,20,21). The topological polar surface area (TPSA) is 76.1 Å². The first-order chi connectivity index (χ1) is 10.7. The summed E-state index contributed by atoms with van der Waals surface area (Å²) < 4.78 is 5.54. The molecule has 1 aromatic heterocycles. The van der Waals surface area contributed by atoms with Crippen LogP contribution in [0.3, 0.4) is 0 Å². The van der Waals surface area contributed by atoms with Crippen molar-refractivity contribution >= 4 is 23.2 Å². The van der Waals surface area contributed by atoms with E-state index >= 15 is 0 Å². The third-order valence-corrected chi connectivity index (χ3v) is 2.86. The predicted octanol–water partition coefficient (Wildman–Crippen LogP) is 3.36. The number of para-hydroxylation sites is 2. The summed E-state index contributed by atoms with van der Waals surface area (Å²) in [4.78, 5) is 11.5. The first-order valence-corrected chi connectivity index (χ1v) is 7.35. The normalized spacial score (nSPS) is 10.1. The van der Waals surface area contributed by atoms with Crippen molar-refractivity contribution in [1.82, 2.24) is 10.2 Å². The van der Waals surface area contributed by atoms with Crippen LogP contribution in [0.2, 0.25) is 0 Å². The quantitative estimate of drug-likeness (QED) is 0.820. The summed E-state index contributed by atoms with van der Waals surface area (Å²) in [5, 5.41) is 13.9. The van der Waals surface area contributed by atoms with Crippen molar-refractivity contribution < 1.29 is 9.53 Å². The fourth-order valence-electron chi connectivity index (χ4n) is 1.89. The van der Waals surface area contributed by atoms with Crippen LogP contribution in [0.15, 0.2) is 36.4 Å². The number of hydrogen-bond donors (Lipinski definition) is 2. The minimum absolute atomic E-state index is 0.0563. The predicted molar refractivity (Wildman–Crippen MR) is 86.5 cm³/mol. The van der Waals surface area contributed by atoms with Gasteiger partial charge in [0.15, 0.2) is 11.6 Å². The molecule has 2 rings (SSSR count). The molecule has 0 radical (unpaired) electrons. The molecule has 0 bridgehead atoms. The number of rotatable bonds is 7. The Labute approximate surface area is 129 Å². The number of hydrogen-bond acceptors (Lipinski definition) is 5. The lowest BCUT2D eigenvalue weighted by Gasteiger charge is -2.11. The number of carbonyl (C=O) groups excluding carboxylic acids is 1.